The van der Waals surface area contributed by atoms with Crippen LogP contribution in [0.15, 0.2) is 36.4 Å². The van der Waals surface area contributed by atoms with Crippen LogP contribution in [0.5, 0.6) is 5.75 Å². The van der Waals surface area contributed by atoms with Crippen molar-refractivity contribution < 1.29 is 17.9 Å². The van der Waals surface area contributed by atoms with Gasteiger partial charge in [-0.3, -0.25) is 4.79 Å². The van der Waals surface area contributed by atoms with Crippen molar-refractivity contribution in [2.75, 3.05) is 11.9 Å². The van der Waals surface area contributed by atoms with Crippen molar-refractivity contribution in [3.05, 3.63) is 57.6 Å². The summed E-state index contributed by atoms with van der Waals surface area (Å²) in [6.07, 6.45) is 0. The van der Waals surface area contributed by atoms with Crippen LogP contribution >= 0.6 is 23.2 Å². The highest BCUT2D eigenvalue weighted by Crippen LogP contribution is 2.31. The first-order valence-electron chi connectivity index (χ1n) is 7.74. The summed E-state index contributed by atoms with van der Waals surface area (Å²) in [6, 6.07) is 9.36. The second-order valence-electron chi connectivity index (χ2n) is 5.94. The van der Waals surface area contributed by atoms with Crippen molar-refractivity contribution in [2.24, 2.45) is 0 Å². The van der Waals surface area contributed by atoms with Gasteiger partial charge in [0.2, 0.25) is 10.0 Å². The molecule has 2 N–H and O–H groups in total. The summed E-state index contributed by atoms with van der Waals surface area (Å²) in [6.45, 7) is 1.69. The minimum atomic E-state index is -3.61. The van der Waals surface area contributed by atoms with Crippen LogP contribution in [0.3, 0.4) is 0 Å². The van der Waals surface area contributed by atoms with Gasteiger partial charge in [-0.2, -0.15) is 0 Å². The number of halogens is 2. The summed E-state index contributed by atoms with van der Waals surface area (Å²) in [7, 11) is -3.61. The molecule has 0 bridgehead atoms. The molecule has 2 aromatic rings. The Kier molecular flexibility index (Phi) is 5.43. The molecule has 0 radical (unpaired) electrons. The normalized spacial score (nSPS) is 15.0. The Balaban J connectivity index is 1.74. The maximum Gasteiger partial charge on any atom is 0.262 e. The largest absolute Gasteiger partial charge is 0.482 e. The van der Waals surface area contributed by atoms with Crippen LogP contribution in [0.1, 0.15) is 24.1 Å². The summed E-state index contributed by atoms with van der Waals surface area (Å²) in [4.78, 5) is 11.4. The lowest BCUT2D eigenvalue weighted by molar-refractivity contribution is -0.118. The van der Waals surface area contributed by atoms with E-state index >= 15 is 0 Å². The van der Waals surface area contributed by atoms with E-state index in [0.29, 0.717) is 32.6 Å². The molecular formula is C17H16Cl2N2O4S. The molecule has 0 aliphatic carbocycles. The molecule has 0 saturated carbocycles. The van der Waals surface area contributed by atoms with Crippen molar-refractivity contribution >= 4 is 44.8 Å². The fraction of sp³-hybridized carbons (Fsp3) is 0.235. The minimum Gasteiger partial charge on any atom is -0.482 e. The van der Waals surface area contributed by atoms with Gasteiger partial charge in [0.1, 0.15) is 5.75 Å². The smallest absolute Gasteiger partial charge is 0.262 e. The Labute approximate surface area is 161 Å². The van der Waals surface area contributed by atoms with Gasteiger partial charge in [-0.1, -0.05) is 35.3 Å². The number of anilines is 1. The van der Waals surface area contributed by atoms with Gasteiger partial charge in [0, 0.05) is 6.04 Å². The molecule has 0 fully saturated rings. The summed E-state index contributed by atoms with van der Waals surface area (Å²) in [5, 5.41) is 3.37. The number of hydrogen-bond acceptors (Lipinski definition) is 4. The van der Waals surface area contributed by atoms with E-state index in [4.69, 9.17) is 27.9 Å². The van der Waals surface area contributed by atoms with Crippen LogP contribution < -0.4 is 14.8 Å². The van der Waals surface area contributed by atoms with Crippen molar-refractivity contribution in [3.63, 3.8) is 0 Å². The monoisotopic (exact) mass is 414 g/mol. The molecule has 2 aromatic carbocycles. The zero-order valence-corrected chi connectivity index (χ0v) is 16.1. The fourth-order valence-corrected chi connectivity index (χ4v) is 4.30. The van der Waals surface area contributed by atoms with Gasteiger partial charge >= 0.3 is 0 Å². The van der Waals surface area contributed by atoms with E-state index in [1.807, 2.05) is 0 Å². The quantitative estimate of drug-likeness (QED) is 0.783. The van der Waals surface area contributed by atoms with E-state index in [1.165, 1.54) is 6.07 Å². The average Bonchev–Trinajstić information content (AvgIpc) is 2.56. The van der Waals surface area contributed by atoms with Crippen LogP contribution in [0.2, 0.25) is 10.0 Å². The summed E-state index contributed by atoms with van der Waals surface area (Å²) < 4.78 is 32.8. The Morgan fingerprint density at radius 3 is 2.69 bits per heavy atom. The van der Waals surface area contributed by atoms with E-state index in [1.54, 1.807) is 37.3 Å². The number of sulfonamides is 1. The number of hydrogen-bond donors (Lipinski definition) is 2. The van der Waals surface area contributed by atoms with Crippen molar-refractivity contribution in [3.8, 4) is 5.75 Å². The Morgan fingerprint density at radius 2 is 1.96 bits per heavy atom. The number of ether oxygens (including phenoxy) is 1. The first-order valence-corrected chi connectivity index (χ1v) is 10.1. The third kappa shape index (κ3) is 4.48. The number of carbonyl (C=O) groups excluding carboxylic acids is 1. The topological polar surface area (TPSA) is 84.5 Å². The number of rotatable bonds is 5. The zero-order chi connectivity index (χ0) is 18.9. The summed E-state index contributed by atoms with van der Waals surface area (Å²) >= 11 is 11.8. The molecule has 0 spiro atoms. The lowest BCUT2D eigenvalue weighted by Gasteiger charge is -2.21. The van der Waals surface area contributed by atoms with E-state index in [0.717, 1.165) is 0 Å². The number of nitrogens with one attached hydrogen (secondary N) is 2. The molecule has 3 rings (SSSR count). The third-order valence-corrected chi connectivity index (χ3v) is 6.00. The van der Waals surface area contributed by atoms with Crippen LogP contribution in [-0.4, -0.2) is 20.9 Å². The molecule has 9 heteroatoms. The van der Waals surface area contributed by atoms with Gasteiger partial charge in [0.25, 0.3) is 5.91 Å². The van der Waals surface area contributed by atoms with Crippen LogP contribution in [0.25, 0.3) is 0 Å². The second kappa shape index (κ2) is 7.44. The molecule has 1 heterocycles. The van der Waals surface area contributed by atoms with Crippen LogP contribution in [0, 0.1) is 0 Å². The summed E-state index contributed by atoms with van der Waals surface area (Å²) in [5.41, 5.74) is 1.76. The van der Waals surface area contributed by atoms with Gasteiger partial charge in [-0.05, 0) is 42.3 Å². The second-order valence-corrected chi connectivity index (χ2v) is 8.51. The lowest BCUT2D eigenvalue weighted by atomic mass is 10.1. The molecule has 1 aliphatic rings. The van der Waals surface area contributed by atoms with Crippen molar-refractivity contribution in [2.45, 2.75) is 18.7 Å². The number of benzene rings is 2. The Bertz CT molecular complexity index is 963. The third-order valence-electron chi connectivity index (χ3n) is 3.83. The molecule has 6 nitrogen and oxygen atoms in total. The van der Waals surface area contributed by atoms with E-state index in [2.05, 4.69) is 10.0 Å². The predicted octanol–water partition coefficient (Wildman–Crippen LogP) is 3.50. The van der Waals surface area contributed by atoms with Crippen LogP contribution in [0.4, 0.5) is 5.69 Å². The Morgan fingerprint density at radius 1 is 1.19 bits per heavy atom. The number of amides is 1. The zero-order valence-electron chi connectivity index (χ0n) is 13.8. The maximum absolute atomic E-state index is 12.4. The predicted molar refractivity (Wildman–Crippen MR) is 101 cm³/mol. The van der Waals surface area contributed by atoms with E-state index in [-0.39, 0.29) is 18.3 Å². The maximum atomic E-state index is 12.4. The van der Waals surface area contributed by atoms with Crippen LogP contribution in [-0.2, 0) is 20.6 Å². The molecule has 1 amide bonds. The molecule has 0 saturated heterocycles. The molecule has 1 unspecified atom stereocenters. The van der Waals surface area contributed by atoms with Gasteiger partial charge in [0.15, 0.2) is 6.61 Å². The highest BCUT2D eigenvalue weighted by Gasteiger charge is 2.20. The molecule has 1 aliphatic heterocycles. The number of fused-ring (bicyclic) bond motifs is 1. The number of carbonyl (C=O) groups is 1. The van der Waals surface area contributed by atoms with Gasteiger partial charge in [-0.15, -0.1) is 0 Å². The molecular weight excluding hydrogens is 399 g/mol. The summed E-state index contributed by atoms with van der Waals surface area (Å²) in [5.74, 6) is 0.0839. The van der Waals surface area contributed by atoms with Crippen molar-refractivity contribution in [1.82, 2.24) is 4.72 Å². The molecule has 138 valence electrons. The molecule has 1 atom stereocenters. The standard InChI is InChI=1S/C17H16Cl2N2O4S/c1-10(12-3-5-16-15(7-12)20-17(22)8-25-16)21-26(23,24)9-11-2-4-13(18)14(19)6-11/h2-7,10,21H,8-9H2,1H3,(H,20,22). The average molecular weight is 415 g/mol. The highest BCUT2D eigenvalue weighted by molar-refractivity contribution is 7.88. The van der Waals surface area contributed by atoms with Crippen molar-refractivity contribution in [1.29, 1.82) is 0 Å². The van der Waals surface area contributed by atoms with Gasteiger partial charge in [0.05, 0.1) is 21.5 Å². The molecule has 26 heavy (non-hydrogen) atoms. The Hall–Kier alpha value is -1.80. The van der Waals surface area contributed by atoms with Gasteiger partial charge in [-0.25, -0.2) is 13.1 Å². The van der Waals surface area contributed by atoms with Gasteiger partial charge < -0.3 is 10.1 Å². The molecule has 0 aromatic heterocycles. The van der Waals surface area contributed by atoms with E-state index in [9.17, 15) is 13.2 Å². The first-order chi connectivity index (χ1) is 12.2. The highest BCUT2D eigenvalue weighted by atomic mass is 35.5. The first kappa shape index (κ1) is 19.0. The lowest BCUT2D eigenvalue weighted by Crippen LogP contribution is -2.29. The SMILES string of the molecule is CC(NS(=O)(=O)Cc1ccc(Cl)c(Cl)c1)c1ccc2c(c1)NC(=O)CO2. The van der Waals surface area contributed by atoms with E-state index < -0.39 is 16.1 Å². The minimum absolute atomic E-state index is 0.0296. The fourth-order valence-electron chi connectivity index (χ4n) is 2.60.